The third kappa shape index (κ3) is 3.60. The standard InChI is InChI=1S/C16H23N5O2/c17-14(22)12-4-9-20(10-5-12)15(23)13-3-1-8-21(11-13)16-18-6-2-7-19-16/h2,6-7,12-13H,1,3-5,8-11H2,(H2,17,22)/t13-/m1/s1. The Kier molecular flexibility index (Phi) is 4.73. The largest absolute Gasteiger partial charge is 0.369 e. The van der Waals surface area contributed by atoms with Crippen molar-refractivity contribution in [3.63, 3.8) is 0 Å². The van der Waals surface area contributed by atoms with Crippen molar-refractivity contribution in [3.8, 4) is 0 Å². The molecule has 124 valence electrons. The zero-order valence-corrected chi connectivity index (χ0v) is 13.2. The molecule has 7 nitrogen and oxygen atoms in total. The molecule has 0 saturated carbocycles. The third-order valence-corrected chi connectivity index (χ3v) is 4.81. The van der Waals surface area contributed by atoms with Crippen LogP contribution in [0.2, 0.25) is 0 Å². The van der Waals surface area contributed by atoms with Crippen LogP contribution in [-0.4, -0.2) is 52.9 Å². The van der Waals surface area contributed by atoms with Crippen molar-refractivity contribution < 1.29 is 9.59 Å². The molecule has 2 amide bonds. The van der Waals surface area contributed by atoms with Crippen LogP contribution in [0.3, 0.4) is 0 Å². The lowest BCUT2D eigenvalue weighted by atomic mass is 9.92. The fourth-order valence-corrected chi connectivity index (χ4v) is 3.46. The molecule has 0 unspecified atom stereocenters. The number of hydrogen-bond acceptors (Lipinski definition) is 5. The summed E-state index contributed by atoms with van der Waals surface area (Å²) in [5.74, 6) is 0.533. The Hall–Kier alpha value is -2.18. The summed E-state index contributed by atoms with van der Waals surface area (Å²) in [6, 6.07) is 1.79. The van der Waals surface area contributed by atoms with Gasteiger partial charge in [0.25, 0.3) is 0 Å². The van der Waals surface area contributed by atoms with E-state index in [-0.39, 0.29) is 23.7 Å². The zero-order valence-electron chi connectivity index (χ0n) is 13.2. The Morgan fingerprint density at radius 2 is 1.74 bits per heavy atom. The van der Waals surface area contributed by atoms with Gasteiger partial charge >= 0.3 is 0 Å². The lowest BCUT2D eigenvalue weighted by Crippen LogP contribution is -2.48. The van der Waals surface area contributed by atoms with Gasteiger partial charge in [-0.25, -0.2) is 9.97 Å². The maximum atomic E-state index is 12.7. The van der Waals surface area contributed by atoms with Gasteiger partial charge in [0.1, 0.15) is 0 Å². The van der Waals surface area contributed by atoms with E-state index in [0.29, 0.717) is 38.4 Å². The van der Waals surface area contributed by atoms with E-state index in [9.17, 15) is 9.59 Å². The van der Waals surface area contributed by atoms with Crippen LogP contribution in [0.1, 0.15) is 25.7 Å². The van der Waals surface area contributed by atoms with Crippen molar-refractivity contribution in [2.45, 2.75) is 25.7 Å². The van der Waals surface area contributed by atoms with Gasteiger partial charge in [0.15, 0.2) is 0 Å². The normalized spacial score (nSPS) is 22.9. The number of primary amides is 1. The molecule has 2 aliphatic rings. The molecule has 1 atom stereocenters. The van der Waals surface area contributed by atoms with E-state index < -0.39 is 0 Å². The maximum absolute atomic E-state index is 12.7. The molecule has 0 bridgehead atoms. The average Bonchev–Trinajstić information content (AvgIpc) is 2.62. The first-order valence-corrected chi connectivity index (χ1v) is 8.25. The lowest BCUT2D eigenvalue weighted by Gasteiger charge is -2.37. The number of aromatic nitrogens is 2. The van der Waals surface area contributed by atoms with E-state index in [1.807, 2.05) is 4.90 Å². The molecule has 7 heteroatoms. The van der Waals surface area contributed by atoms with E-state index in [2.05, 4.69) is 14.9 Å². The van der Waals surface area contributed by atoms with Crippen LogP contribution in [0.5, 0.6) is 0 Å². The van der Waals surface area contributed by atoms with Gasteiger partial charge in [0.2, 0.25) is 17.8 Å². The van der Waals surface area contributed by atoms with Crippen molar-refractivity contribution in [3.05, 3.63) is 18.5 Å². The summed E-state index contributed by atoms with van der Waals surface area (Å²) in [6.45, 7) is 2.81. The van der Waals surface area contributed by atoms with Gasteiger partial charge < -0.3 is 15.5 Å². The van der Waals surface area contributed by atoms with Crippen molar-refractivity contribution >= 4 is 17.8 Å². The molecule has 2 N–H and O–H groups in total. The summed E-state index contributed by atoms with van der Waals surface area (Å²) in [7, 11) is 0. The Bertz CT molecular complexity index is 557. The third-order valence-electron chi connectivity index (χ3n) is 4.81. The van der Waals surface area contributed by atoms with E-state index >= 15 is 0 Å². The van der Waals surface area contributed by atoms with Gasteiger partial charge in [-0.05, 0) is 31.7 Å². The number of rotatable bonds is 3. The second kappa shape index (κ2) is 6.93. The highest BCUT2D eigenvalue weighted by molar-refractivity contribution is 5.81. The first kappa shape index (κ1) is 15.7. The molecule has 2 saturated heterocycles. The minimum absolute atomic E-state index is 0.0160. The van der Waals surface area contributed by atoms with Gasteiger partial charge in [-0.1, -0.05) is 0 Å². The summed E-state index contributed by atoms with van der Waals surface area (Å²) in [5.41, 5.74) is 5.35. The SMILES string of the molecule is NC(=O)C1CCN(C(=O)[C@@H]2CCCN(c3ncccn3)C2)CC1. The molecular weight excluding hydrogens is 294 g/mol. The molecular formula is C16H23N5O2. The zero-order chi connectivity index (χ0) is 16.2. The summed E-state index contributed by atoms with van der Waals surface area (Å²) >= 11 is 0. The number of nitrogens with two attached hydrogens (primary N) is 1. The number of hydrogen-bond donors (Lipinski definition) is 1. The van der Waals surface area contributed by atoms with Crippen molar-refractivity contribution in [1.29, 1.82) is 0 Å². The Morgan fingerprint density at radius 1 is 1.04 bits per heavy atom. The minimum atomic E-state index is -0.248. The highest BCUT2D eigenvalue weighted by Gasteiger charge is 2.33. The molecule has 0 spiro atoms. The van der Waals surface area contributed by atoms with Crippen LogP contribution >= 0.6 is 0 Å². The molecule has 23 heavy (non-hydrogen) atoms. The molecule has 3 rings (SSSR count). The molecule has 1 aromatic heterocycles. The minimum Gasteiger partial charge on any atom is -0.369 e. The first-order chi connectivity index (χ1) is 11.1. The number of carbonyl (C=O) groups is 2. The van der Waals surface area contributed by atoms with E-state index in [1.165, 1.54) is 0 Å². The van der Waals surface area contributed by atoms with Gasteiger partial charge in [-0.15, -0.1) is 0 Å². The molecule has 2 aliphatic heterocycles. The van der Waals surface area contributed by atoms with E-state index in [1.54, 1.807) is 18.5 Å². The summed E-state index contributed by atoms with van der Waals surface area (Å²) < 4.78 is 0. The smallest absolute Gasteiger partial charge is 0.227 e. The predicted octanol–water partition coefficient (Wildman–Crippen LogP) is 0.417. The Morgan fingerprint density at radius 3 is 2.39 bits per heavy atom. The van der Waals surface area contributed by atoms with Crippen molar-refractivity contribution in [2.75, 3.05) is 31.1 Å². The first-order valence-electron chi connectivity index (χ1n) is 8.25. The summed E-state index contributed by atoms with van der Waals surface area (Å²) in [5, 5.41) is 0. The molecule has 2 fully saturated rings. The van der Waals surface area contributed by atoms with Gasteiger partial charge in [0, 0.05) is 44.5 Å². The van der Waals surface area contributed by atoms with E-state index in [0.717, 1.165) is 19.4 Å². The number of nitrogens with zero attached hydrogens (tertiary/aromatic N) is 4. The van der Waals surface area contributed by atoms with Crippen LogP contribution < -0.4 is 10.6 Å². The van der Waals surface area contributed by atoms with Crippen LogP contribution in [-0.2, 0) is 9.59 Å². The number of likely N-dealkylation sites (tertiary alicyclic amines) is 1. The van der Waals surface area contributed by atoms with Gasteiger partial charge in [-0.3, -0.25) is 9.59 Å². The van der Waals surface area contributed by atoms with E-state index in [4.69, 9.17) is 5.73 Å². The van der Waals surface area contributed by atoms with Crippen molar-refractivity contribution in [1.82, 2.24) is 14.9 Å². The number of carbonyl (C=O) groups excluding carboxylic acids is 2. The Balaban J connectivity index is 1.58. The number of anilines is 1. The predicted molar refractivity (Wildman–Crippen MR) is 85.5 cm³/mol. The molecule has 0 aromatic carbocycles. The van der Waals surface area contributed by atoms with Gasteiger partial charge in [-0.2, -0.15) is 0 Å². The fourth-order valence-electron chi connectivity index (χ4n) is 3.46. The topological polar surface area (TPSA) is 92.4 Å². The van der Waals surface area contributed by atoms with Crippen LogP contribution in [0.4, 0.5) is 5.95 Å². The highest BCUT2D eigenvalue weighted by atomic mass is 16.2. The second-order valence-corrected chi connectivity index (χ2v) is 6.34. The summed E-state index contributed by atoms with van der Waals surface area (Å²) in [6.07, 6.45) is 6.67. The highest BCUT2D eigenvalue weighted by Crippen LogP contribution is 2.24. The van der Waals surface area contributed by atoms with Crippen LogP contribution in [0.15, 0.2) is 18.5 Å². The lowest BCUT2D eigenvalue weighted by molar-refractivity contribution is -0.138. The second-order valence-electron chi connectivity index (χ2n) is 6.34. The number of piperidine rings is 2. The van der Waals surface area contributed by atoms with Crippen LogP contribution in [0, 0.1) is 11.8 Å². The number of amides is 2. The van der Waals surface area contributed by atoms with Crippen molar-refractivity contribution in [2.24, 2.45) is 17.6 Å². The summed E-state index contributed by atoms with van der Waals surface area (Å²) in [4.78, 5) is 36.5. The molecule has 0 aliphatic carbocycles. The van der Waals surface area contributed by atoms with Crippen LogP contribution in [0.25, 0.3) is 0 Å². The molecule has 3 heterocycles. The maximum Gasteiger partial charge on any atom is 0.227 e. The molecule has 0 radical (unpaired) electrons. The quantitative estimate of drug-likeness (QED) is 0.872. The van der Waals surface area contributed by atoms with Gasteiger partial charge in [0.05, 0.1) is 5.92 Å². The Labute approximate surface area is 135 Å². The fraction of sp³-hybridized carbons (Fsp3) is 0.625. The monoisotopic (exact) mass is 317 g/mol. The average molecular weight is 317 g/mol. The molecule has 1 aromatic rings.